The van der Waals surface area contributed by atoms with Gasteiger partial charge in [-0.1, -0.05) is 6.42 Å². The molecule has 19 heavy (non-hydrogen) atoms. The topological polar surface area (TPSA) is 81.6 Å². The molecule has 1 amide bonds. The molecule has 0 aromatic heterocycles. The Hall–Kier alpha value is -1.75. The maximum atomic E-state index is 12.1. The molecule has 0 bridgehead atoms. The van der Waals surface area contributed by atoms with Crippen LogP contribution in [-0.4, -0.2) is 34.7 Å². The maximum Gasteiger partial charge on any atom is 0.255 e. The van der Waals surface area contributed by atoms with Gasteiger partial charge in [0.2, 0.25) is 0 Å². The molecule has 1 aromatic carbocycles. The number of rotatable bonds is 3. The number of amides is 1. The second-order valence-electron chi connectivity index (χ2n) is 5.02. The van der Waals surface area contributed by atoms with Crippen molar-refractivity contribution in [1.82, 2.24) is 10.6 Å². The van der Waals surface area contributed by atoms with Crippen molar-refractivity contribution in [2.75, 3.05) is 6.54 Å². The molecule has 0 aliphatic carbocycles. The van der Waals surface area contributed by atoms with Crippen molar-refractivity contribution >= 4 is 5.91 Å². The predicted octanol–water partition coefficient (Wildman–Crippen LogP) is 1.36. The van der Waals surface area contributed by atoms with E-state index >= 15 is 0 Å². The number of benzene rings is 1. The Morgan fingerprint density at radius 3 is 2.89 bits per heavy atom. The van der Waals surface area contributed by atoms with Crippen LogP contribution in [0.3, 0.4) is 0 Å². The first-order valence-electron chi connectivity index (χ1n) is 6.64. The summed E-state index contributed by atoms with van der Waals surface area (Å²) in [6.45, 7) is 2.92. The van der Waals surface area contributed by atoms with E-state index in [0.29, 0.717) is 0 Å². The van der Waals surface area contributed by atoms with Gasteiger partial charge in [-0.05, 0) is 44.5 Å². The molecular weight excluding hydrogens is 244 g/mol. The lowest BCUT2D eigenvalue weighted by molar-refractivity contribution is 0.0925. The highest BCUT2D eigenvalue weighted by Crippen LogP contribution is 2.22. The van der Waals surface area contributed by atoms with E-state index in [4.69, 9.17) is 0 Å². The van der Waals surface area contributed by atoms with Crippen LogP contribution in [0.25, 0.3) is 0 Å². The van der Waals surface area contributed by atoms with Gasteiger partial charge in [0.25, 0.3) is 5.91 Å². The molecule has 2 atom stereocenters. The van der Waals surface area contributed by atoms with Gasteiger partial charge in [0, 0.05) is 12.1 Å². The van der Waals surface area contributed by atoms with E-state index in [1.165, 1.54) is 24.6 Å². The highest BCUT2D eigenvalue weighted by molar-refractivity contribution is 5.97. The summed E-state index contributed by atoms with van der Waals surface area (Å²) in [4.78, 5) is 12.1. The molecule has 2 unspecified atom stereocenters. The Labute approximate surface area is 112 Å². The summed E-state index contributed by atoms with van der Waals surface area (Å²) in [6.07, 6.45) is 3.37. The third-order valence-electron chi connectivity index (χ3n) is 3.54. The van der Waals surface area contributed by atoms with E-state index in [9.17, 15) is 15.0 Å². The molecule has 5 heteroatoms. The minimum Gasteiger partial charge on any atom is -0.508 e. The number of nitrogens with one attached hydrogen (secondary N) is 2. The average Bonchev–Trinajstić information content (AvgIpc) is 2.42. The standard InChI is InChI=1S/C14H20N2O3/c1-9(12-4-2-3-7-15-12)16-14(19)11-8-10(17)5-6-13(11)18/h5-6,8-9,12,15,17-18H,2-4,7H2,1H3,(H,16,19). The van der Waals surface area contributed by atoms with Gasteiger partial charge >= 0.3 is 0 Å². The van der Waals surface area contributed by atoms with Crippen LogP contribution >= 0.6 is 0 Å². The Balaban J connectivity index is 2.01. The summed E-state index contributed by atoms with van der Waals surface area (Å²) < 4.78 is 0. The van der Waals surface area contributed by atoms with Crippen molar-refractivity contribution in [1.29, 1.82) is 0 Å². The largest absolute Gasteiger partial charge is 0.508 e. The lowest BCUT2D eigenvalue weighted by atomic mass is 9.99. The average molecular weight is 264 g/mol. The number of carbonyl (C=O) groups excluding carboxylic acids is 1. The number of phenols is 2. The predicted molar refractivity (Wildman–Crippen MR) is 72.3 cm³/mol. The smallest absolute Gasteiger partial charge is 0.255 e. The van der Waals surface area contributed by atoms with Crippen LogP contribution in [0.2, 0.25) is 0 Å². The number of hydrogen-bond donors (Lipinski definition) is 4. The monoisotopic (exact) mass is 264 g/mol. The molecule has 4 N–H and O–H groups in total. The third kappa shape index (κ3) is 3.38. The first-order chi connectivity index (χ1) is 9.08. The van der Waals surface area contributed by atoms with E-state index in [1.807, 2.05) is 6.92 Å². The van der Waals surface area contributed by atoms with E-state index in [-0.39, 0.29) is 35.1 Å². The van der Waals surface area contributed by atoms with Gasteiger partial charge in [-0.25, -0.2) is 0 Å². The molecule has 0 radical (unpaired) electrons. The lowest BCUT2D eigenvalue weighted by Gasteiger charge is -2.29. The summed E-state index contributed by atoms with van der Waals surface area (Å²) in [5.74, 6) is -0.529. The zero-order valence-electron chi connectivity index (χ0n) is 11.0. The van der Waals surface area contributed by atoms with Crippen LogP contribution in [0.15, 0.2) is 18.2 Å². The van der Waals surface area contributed by atoms with Crippen molar-refractivity contribution in [3.05, 3.63) is 23.8 Å². The van der Waals surface area contributed by atoms with Crippen molar-refractivity contribution in [2.24, 2.45) is 0 Å². The fraction of sp³-hybridized carbons (Fsp3) is 0.500. The molecule has 1 aromatic rings. The number of carbonyl (C=O) groups is 1. The van der Waals surface area contributed by atoms with E-state index in [1.54, 1.807) is 0 Å². The van der Waals surface area contributed by atoms with Gasteiger partial charge in [-0.15, -0.1) is 0 Å². The van der Waals surface area contributed by atoms with Crippen LogP contribution < -0.4 is 10.6 Å². The van der Waals surface area contributed by atoms with E-state index in [0.717, 1.165) is 19.4 Å². The van der Waals surface area contributed by atoms with Crippen molar-refractivity contribution in [3.8, 4) is 11.5 Å². The van der Waals surface area contributed by atoms with Gasteiger partial charge < -0.3 is 20.8 Å². The van der Waals surface area contributed by atoms with Crippen LogP contribution in [0.4, 0.5) is 0 Å². The molecule has 1 fully saturated rings. The summed E-state index contributed by atoms with van der Waals surface area (Å²) >= 11 is 0. The van der Waals surface area contributed by atoms with Crippen LogP contribution in [0.1, 0.15) is 36.5 Å². The second-order valence-corrected chi connectivity index (χ2v) is 5.02. The number of hydrogen-bond acceptors (Lipinski definition) is 4. The van der Waals surface area contributed by atoms with Crippen molar-refractivity contribution < 1.29 is 15.0 Å². The van der Waals surface area contributed by atoms with Gasteiger partial charge in [-0.3, -0.25) is 4.79 Å². The molecule has 0 spiro atoms. The highest BCUT2D eigenvalue weighted by Gasteiger charge is 2.22. The second kappa shape index (κ2) is 5.93. The lowest BCUT2D eigenvalue weighted by Crippen LogP contribution is -2.50. The molecule has 1 heterocycles. The number of aromatic hydroxyl groups is 2. The molecule has 0 saturated carbocycles. The summed E-state index contributed by atoms with van der Waals surface area (Å²) in [6, 6.07) is 4.17. The number of piperidine rings is 1. The fourth-order valence-electron chi connectivity index (χ4n) is 2.40. The number of phenolic OH excluding ortho intramolecular Hbond substituents is 2. The van der Waals surface area contributed by atoms with Gasteiger partial charge in [0.05, 0.1) is 5.56 Å². The molecule has 1 aliphatic rings. The third-order valence-corrected chi connectivity index (χ3v) is 3.54. The summed E-state index contributed by atoms with van der Waals surface area (Å²) in [5, 5.41) is 25.2. The van der Waals surface area contributed by atoms with Crippen LogP contribution in [-0.2, 0) is 0 Å². The fourth-order valence-corrected chi connectivity index (χ4v) is 2.40. The Morgan fingerprint density at radius 2 is 2.21 bits per heavy atom. The molecular formula is C14H20N2O3. The van der Waals surface area contributed by atoms with Gasteiger partial charge in [-0.2, -0.15) is 0 Å². The minimum absolute atomic E-state index is 0.0189. The Morgan fingerprint density at radius 1 is 1.42 bits per heavy atom. The Kier molecular flexibility index (Phi) is 4.27. The molecule has 5 nitrogen and oxygen atoms in total. The zero-order chi connectivity index (χ0) is 13.8. The minimum atomic E-state index is -0.367. The van der Waals surface area contributed by atoms with Gasteiger partial charge in [0.15, 0.2) is 0 Å². The van der Waals surface area contributed by atoms with Crippen LogP contribution in [0.5, 0.6) is 11.5 Å². The Bertz CT molecular complexity index is 456. The zero-order valence-corrected chi connectivity index (χ0v) is 11.0. The highest BCUT2D eigenvalue weighted by atomic mass is 16.3. The molecule has 2 rings (SSSR count). The SMILES string of the molecule is CC(NC(=O)c1cc(O)ccc1O)C1CCCCN1. The first kappa shape index (κ1) is 13.7. The van der Waals surface area contributed by atoms with E-state index in [2.05, 4.69) is 10.6 Å². The molecule has 1 aliphatic heterocycles. The normalized spacial score (nSPS) is 20.8. The van der Waals surface area contributed by atoms with Crippen molar-refractivity contribution in [3.63, 3.8) is 0 Å². The summed E-state index contributed by atoms with van der Waals surface area (Å²) in [5.41, 5.74) is 0.0997. The molecule has 104 valence electrons. The van der Waals surface area contributed by atoms with E-state index < -0.39 is 0 Å². The van der Waals surface area contributed by atoms with Crippen LogP contribution in [0, 0.1) is 0 Å². The maximum absolute atomic E-state index is 12.1. The first-order valence-corrected chi connectivity index (χ1v) is 6.64. The quantitative estimate of drug-likeness (QED) is 0.621. The van der Waals surface area contributed by atoms with Gasteiger partial charge in [0.1, 0.15) is 11.5 Å². The molecule has 1 saturated heterocycles. The summed E-state index contributed by atoms with van der Waals surface area (Å²) in [7, 11) is 0. The van der Waals surface area contributed by atoms with Crippen molar-refractivity contribution in [2.45, 2.75) is 38.3 Å².